The number of aromatic nitrogens is 1. The highest BCUT2D eigenvalue weighted by atomic mass is 32.2. The molecule has 0 aliphatic rings. The molecule has 0 saturated heterocycles. The summed E-state index contributed by atoms with van der Waals surface area (Å²) in [5, 5.41) is 0. The fourth-order valence-electron chi connectivity index (χ4n) is 3.22. The SMILES string of the molecule is COC(=O)Cn1c(=NC(=O)CCCS(=O)(=O)Cc2ccccc2)sc2cc(S(C)(=O)=O)ccc21. The van der Waals surface area contributed by atoms with Crippen LogP contribution in [0.4, 0.5) is 0 Å². The zero-order valence-electron chi connectivity index (χ0n) is 18.6. The molecule has 0 aliphatic heterocycles. The topological polar surface area (TPSA) is 129 Å². The maximum absolute atomic E-state index is 12.5. The molecule has 3 rings (SSSR count). The van der Waals surface area contributed by atoms with Gasteiger partial charge in [0.15, 0.2) is 24.5 Å². The Kier molecular flexibility index (Phi) is 8.05. The van der Waals surface area contributed by atoms with Crippen LogP contribution in [0.3, 0.4) is 0 Å². The Balaban J connectivity index is 1.81. The van der Waals surface area contributed by atoms with E-state index in [0.29, 0.717) is 15.8 Å². The molecule has 1 amide bonds. The molecular formula is C22H24N2O7S3. The Morgan fingerprint density at radius 2 is 1.76 bits per heavy atom. The van der Waals surface area contributed by atoms with Crippen LogP contribution in [0.2, 0.25) is 0 Å². The molecule has 182 valence electrons. The van der Waals surface area contributed by atoms with Gasteiger partial charge in [-0.15, -0.1) is 0 Å². The van der Waals surface area contributed by atoms with Crippen LogP contribution in [-0.2, 0) is 46.3 Å². The maximum atomic E-state index is 12.5. The second-order valence-electron chi connectivity index (χ2n) is 7.64. The van der Waals surface area contributed by atoms with Gasteiger partial charge in [-0.1, -0.05) is 41.7 Å². The molecule has 2 aromatic carbocycles. The van der Waals surface area contributed by atoms with Crippen molar-refractivity contribution in [2.75, 3.05) is 19.1 Å². The molecule has 12 heteroatoms. The lowest BCUT2D eigenvalue weighted by molar-refractivity contribution is -0.141. The van der Waals surface area contributed by atoms with Crippen molar-refractivity contribution in [1.82, 2.24) is 4.57 Å². The van der Waals surface area contributed by atoms with Gasteiger partial charge < -0.3 is 9.30 Å². The van der Waals surface area contributed by atoms with Gasteiger partial charge in [0.25, 0.3) is 0 Å². The average molecular weight is 525 g/mol. The van der Waals surface area contributed by atoms with Crippen molar-refractivity contribution >= 4 is 53.1 Å². The number of thiazole rings is 1. The maximum Gasteiger partial charge on any atom is 0.325 e. The first-order chi connectivity index (χ1) is 16.0. The van der Waals surface area contributed by atoms with E-state index in [-0.39, 0.29) is 40.6 Å². The van der Waals surface area contributed by atoms with Crippen molar-refractivity contribution in [2.24, 2.45) is 4.99 Å². The molecule has 0 unspecified atom stereocenters. The van der Waals surface area contributed by atoms with Crippen molar-refractivity contribution in [2.45, 2.75) is 30.0 Å². The predicted octanol–water partition coefficient (Wildman–Crippen LogP) is 2.10. The van der Waals surface area contributed by atoms with Crippen molar-refractivity contribution in [3.63, 3.8) is 0 Å². The smallest absolute Gasteiger partial charge is 0.325 e. The van der Waals surface area contributed by atoms with E-state index in [0.717, 1.165) is 17.6 Å². The van der Waals surface area contributed by atoms with Gasteiger partial charge in [-0.2, -0.15) is 4.99 Å². The number of methoxy groups -OCH3 is 1. The first kappa shape index (κ1) is 25.8. The molecule has 34 heavy (non-hydrogen) atoms. The van der Waals surface area contributed by atoms with Crippen LogP contribution in [0, 0.1) is 0 Å². The highest BCUT2D eigenvalue weighted by molar-refractivity contribution is 7.91. The van der Waals surface area contributed by atoms with E-state index in [9.17, 15) is 26.4 Å². The summed E-state index contributed by atoms with van der Waals surface area (Å²) in [5.41, 5.74) is 1.21. The van der Waals surface area contributed by atoms with Crippen LogP contribution in [-0.4, -0.2) is 52.4 Å². The minimum absolute atomic E-state index is 0.0882. The largest absolute Gasteiger partial charge is 0.468 e. The number of nitrogens with zero attached hydrogens (tertiary/aromatic N) is 2. The van der Waals surface area contributed by atoms with Crippen LogP contribution in [0.1, 0.15) is 18.4 Å². The fraction of sp³-hybridized carbons (Fsp3) is 0.318. The minimum atomic E-state index is -3.45. The number of carbonyl (C=O) groups is 2. The van der Waals surface area contributed by atoms with E-state index in [2.05, 4.69) is 4.99 Å². The van der Waals surface area contributed by atoms with Gasteiger partial charge >= 0.3 is 5.97 Å². The highest BCUT2D eigenvalue weighted by Gasteiger charge is 2.16. The zero-order valence-corrected chi connectivity index (χ0v) is 21.1. The number of sulfone groups is 2. The van der Waals surface area contributed by atoms with Crippen molar-refractivity contribution in [3.05, 3.63) is 58.9 Å². The number of amides is 1. The van der Waals surface area contributed by atoms with Crippen LogP contribution >= 0.6 is 11.3 Å². The summed E-state index contributed by atoms with van der Waals surface area (Å²) in [6, 6.07) is 13.2. The summed E-state index contributed by atoms with van der Waals surface area (Å²) in [6.45, 7) is -0.216. The normalized spacial score (nSPS) is 12.7. The number of ether oxygens (including phenoxy) is 1. The molecule has 1 aromatic heterocycles. The number of rotatable bonds is 9. The molecular weight excluding hydrogens is 500 g/mol. The van der Waals surface area contributed by atoms with Crippen LogP contribution in [0.15, 0.2) is 58.4 Å². The van der Waals surface area contributed by atoms with E-state index in [1.54, 1.807) is 36.4 Å². The molecule has 0 saturated carbocycles. The zero-order chi connectivity index (χ0) is 24.9. The standard InChI is InChI=1S/C22H24N2O7S3/c1-31-21(26)14-24-18-11-10-17(33(2,27)28)13-19(18)32-22(24)23-20(25)9-6-12-34(29,30)15-16-7-4-3-5-8-16/h3-5,7-8,10-11,13H,6,9,12,14-15H2,1-2H3. The Labute approximate surface area is 201 Å². The Bertz CT molecular complexity index is 1490. The molecule has 0 fully saturated rings. The minimum Gasteiger partial charge on any atom is -0.468 e. The Morgan fingerprint density at radius 1 is 1.06 bits per heavy atom. The van der Waals surface area contributed by atoms with Gasteiger partial charge in [-0.25, -0.2) is 16.8 Å². The number of carbonyl (C=O) groups excluding carboxylic acids is 2. The first-order valence-corrected chi connectivity index (χ1v) is 14.7. The Morgan fingerprint density at radius 3 is 2.41 bits per heavy atom. The molecule has 0 bridgehead atoms. The van der Waals surface area contributed by atoms with Crippen LogP contribution in [0.25, 0.3) is 10.2 Å². The second kappa shape index (κ2) is 10.6. The average Bonchev–Trinajstić information content (AvgIpc) is 3.09. The summed E-state index contributed by atoms with van der Waals surface area (Å²) in [7, 11) is -5.60. The Hall–Kier alpha value is -2.83. The number of esters is 1. The van der Waals surface area contributed by atoms with Crippen LogP contribution < -0.4 is 4.80 Å². The number of hydrogen-bond acceptors (Lipinski definition) is 8. The van der Waals surface area contributed by atoms with E-state index < -0.39 is 31.6 Å². The monoisotopic (exact) mass is 524 g/mol. The number of fused-ring (bicyclic) bond motifs is 1. The second-order valence-corrected chi connectivity index (χ2v) is 12.8. The van der Waals surface area contributed by atoms with Crippen molar-refractivity contribution < 1.29 is 31.2 Å². The lowest BCUT2D eigenvalue weighted by Crippen LogP contribution is -2.22. The predicted molar refractivity (Wildman–Crippen MR) is 129 cm³/mol. The van der Waals surface area contributed by atoms with Gasteiger partial charge in [0.1, 0.15) is 6.54 Å². The lowest BCUT2D eigenvalue weighted by atomic mass is 10.2. The van der Waals surface area contributed by atoms with Gasteiger partial charge in [-0.3, -0.25) is 9.59 Å². The van der Waals surface area contributed by atoms with E-state index in [4.69, 9.17) is 4.74 Å². The molecule has 3 aromatic rings. The van der Waals surface area contributed by atoms with Gasteiger partial charge in [0.2, 0.25) is 5.91 Å². The summed E-state index contributed by atoms with van der Waals surface area (Å²) in [4.78, 5) is 28.8. The molecule has 0 aliphatic carbocycles. The fourth-order valence-corrected chi connectivity index (χ4v) is 6.46. The molecule has 9 nitrogen and oxygen atoms in total. The highest BCUT2D eigenvalue weighted by Crippen LogP contribution is 2.22. The number of hydrogen-bond donors (Lipinski definition) is 0. The third-order valence-electron chi connectivity index (χ3n) is 4.89. The van der Waals surface area contributed by atoms with E-state index >= 15 is 0 Å². The van der Waals surface area contributed by atoms with Crippen LogP contribution in [0.5, 0.6) is 0 Å². The van der Waals surface area contributed by atoms with E-state index in [1.807, 2.05) is 0 Å². The first-order valence-electron chi connectivity index (χ1n) is 10.2. The molecule has 1 heterocycles. The third kappa shape index (κ3) is 6.84. The van der Waals surface area contributed by atoms with Gasteiger partial charge in [0, 0.05) is 12.7 Å². The molecule has 0 N–H and O–H groups in total. The van der Waals surface area contributed by atoms with E-state index in [1.165, 1.54) is 23.8 Å². The summed E-state index contributed by atoms with van der Waals surface area (Å²) in [5.74, 6) is -1.36. The third-order valence-corrected chi connectivity index (χ3v) is 8.73. The lowest BCUT2D eigenvalue weighted by Gasteiger charge is -2.05. The molecule has 0 spiro atoms. The molecule has 0 atom stereocenters. The summed E-state index contributed by atoms with van der Waals surface area (Å²) >= 11 is 1.06. The summed E-state index contributed by atoms with van der Waals surface area (Å²) < 4.78 is 55.2. The number of benzene rings is 2. The summed E-state index contributed by atoms with van der Waals surface area (Å²) in [6.07, 6.45) is 1.11. The quantitative estimate of drug-likeness (QED) is 0.392. The van der Waals surface area contributed by atoms with Gasteiger partial charge in [0.05, 0.1) is 33.7 Å². The molecule has 0 radical (unpaired) electrons. The van der Waals surface area contributed by atoms with Crippen molar-refractivity contribution in [1.29, 1.82) is 0 Å². The van der Waals surface area contributed by atoms with Crippen molar-refractivity contribution in [3.8, 4) is 0 Å². The van der Waals surface area contributed by atoms with Gasteiger partial charge in [-0.05, 0) is 30.2 Å².